The Balaban J connectivity index is 1.82. The van der Waals surface area contributed by atoms with Gasteiger partial charge in [0.2, 0.25) is 15.9 Å². The quantitative estimate of drug-likeness (QED) is 0.725. The van der Waals surface area contributed by atoms with Crippen molar-refractivity contribution in [3.8, 4) is 5.75 Å². The van der Waals surface area contributed by atoms with Gasteiger partial charge in [-0.15, -0.1) is 0 Å². The SMILES string of the molecule is CCOc1ccccc1NC(=O)[C@@H]1CCCN1S(=O)(=O)c1ccc(Br)cc1. The smallest absolute Gasteiger partial charge is 0.243 e. The van der Waals surface area contributed by atoms with E-state index in [1.807, 2.05) is 13.0 Å². The number of nitrogens with zero attached hydrogens (tertiary/aromatic N) is 1. The molecular weight excluding hydrogens is 432 g/mol. The molecule has 27 heavy (non-hydrogen) atoms. The molecular formula is C19H21BrN2O4S. The number of carbonyl (C=O) groups excluding carboxylic acids is 1. The van der Waals surface area contributed by atoms with E-state index in [-0.39, 0.29) is 10.8 Å². The molecule has 1 atom stereocenters. The molecule has 8 heteroatoms. The highest BCUT2D eigenvalue weighted by Gasteiger charge is 2.39. The lowest BCUT2D eigenvalue weighted by molar-refractivity contribution is -0.119. The van der Waals surface area contributed by atoms with Crippen molar-refractivity contribution in [1.29, 1.82) is 0 Å². The number of anilines is 1. The van der Waals surface area contributed by atoms with Crippen molar-refractivity contribution in [2.24, 2.45) is 0 Å². The van der Waals surface area contributed by atoms with E-state index >= 15 is 0 Å². The maximum Gasteiger partial charge on any atom is 0.243 e. The van der Waals surface area contributed by atoms with Crippen molar-refractivity contribution in [2.75, 3.05) is 18.5 Å². The van der Waals surface area contributed by atoms with Gasteiger partial charge in [-0.25, -0.2) is 8.42 Å². The van der Waals surface area contributed by atoms with Gasteiger partial charge in [-0.2, -0.15) is 4.31 Å². The standard InChI is InChI=1S/C19H21BrN2O4S/c1-2-26-18-8-4-3-6-16(18)21-19(23)17-7-5-13-22(17)27(24,25)15-11-9-14(20)10-12-15/h3-4,6,8-12,17H,2,5,7,13H2,1H3,(H,21,23)/t17-/m0/s1. The van der Waals surface area contributed by atoms with Gasteiger partial charge in [-0.1, -0.05) is 28.1 Å². The minimum absolute atomic E-state index is 0.181. The van der Waals surface area contributed by atoms with Crippen molar-refractivity contribution in [2.45, 2.75) is 30.7 Å². The van der Waals surface area contributed by atoms with E-state index in [9.17, 15) is 13.2 Å². The molecule has 144 valence electrons. The van der Waals surface area contributed by atoms with Crippen LogP contribution in [0.4, 0.5) is 5.69 Å². The normalized spacial score (nSPS) is 17.6. The molecule has 0 unspecified atom stereocenters. The van der Waals surface area contributed by atoms with Gasteiger partial charge in [0, 0.05) is 11.0 Å². The van der Waals surface area contributed by atoms with Gasteiger partial charge in [0.15, 0.2) is 0 Å². The minimum atomic E-state index is -3.74. The predicted octanol–water partition coefficient (Wildman–Crippen LogP) is 3.64. The van der Waals surface area contributed by atoms with Crippen LogP contribution in [0.15, 0.2) is 57.9 Å². The van der Waals surface area contributed by atoms with Crippen molar-refractivity contribution in [1.82, 2.24) is 4.31 Å². The molecule has 0 radical (unpaired) electrons. The zero-order valence-electron chi connectivity index (χ0n) is 14.9. The Labute approximate surface area is 167 Å². The van der Waals surface area contributed by atoms with Crippen molar-refractivity contribution in [3.63, 3.8) is 0 Å². The number of rotatable bonds is 6. The lowest BCUT2D eigenvalue weighted by Gasteiger charge is -2.24. The van der Waals surface area contributed by atoms with E-state index in [0.29, 0.717) is 37.4 Å². The number of ether oxygens (including phenoxy) is 1. The molecule has 1 aliphatic heterocycles. The molecule has 0 saturated carbocycles. The van der Waals surface area contributed by atoms with Crippen LogP contribution in [-0.4, -0.2) is 37.8 Å². The van der Waals surface area contributed by atoms with Crippen LogP contribution in [0, 0.1) is 0 Å². The number of para-hydroxylation sites is 2. The first-order valence-electron chi connectivity index (χ1n) is 8.73. The number of nitrogens with one attached hydrogen (secondary N) is 1. The molecule has 0 bridgehead atoms. The zero-order valence-corrected chi connectivity index (χ0v) is 17.3. The van der Waals surface area contributed by atoms with Crippen LogP contribution >= 0.6 is 15.9 Å². The summed E-state index contributed by atoms with van der Waals surface area (Å²) in [5.74, 6) is 0.217. The Morgan fingerprint density at radius 1 is 1.22 bits per heavy atom. The summed E-state index contributed by atoms with van der Waals surface area (Å²) in [4.78, 5) is 13.0. The second-order valence-electron chi connectivity index (χ2n) is 6.15. The number of amides is 1. The van der Waals surface area contributed by atoms with E-state index in [2.05, 4.69) is 21.2 Å². The van der Waals surface area contributed by atoms with Gasteiger partial charge >= 0.3 is 0 Å². The summed E-state index contributed by atoms with van der Waals surface area (Å²) in [7, 11) is -3.74. The van der Waals surface area contributed by atoms with Gasteiger partial charge in [-0.05, 0) is 56.2 Å². The third-order valence-electron chi connectivity index (χ3n) is 4.37. The fraction of sp³-hybridized carbons (Fsp3) is 0.316. The summed E-state index contributed by atoms with van der Waals surface area (Å²) in [5, 5.41) is 2.82. The van der Waals surface area contributed by atoms with Crippen LogP contribution < -0.4 is 10.1 Å². The lowest BCUT2D eigenvalue weighted by Crippen LogP contribution is -2.43. The summed E-state index contributed by atoms with van der Waals surface area (Å²) in [5.41, 5.74) is 0.539. The van der Waals surface area contributed by atoms with Crippen LogP contribution in [-0.2, 0) is 14.8 Å². The Morgan fingerprint density at radius 3 is 2.63 bits per heavy atom. The van der Waals surface area contributed by atoms with E-state index < -0.39 is 16.1 Å². The van der Waals surface area contributed by atoms with Crippen molar-refractivity contribution < 1.29 is 17.9 Å². The second kappa shape index (κ2) is 8.41. The number of hydrogen-bond donors (Lipinski definition) is 1. The Bertz CT molecular complexity index is 916. The summed E-state index contributed by atoms with van der Waals surface area (Å²) < 4.78 is 33.6. The first kappa shape index (κ1) is 19.9. The Hall–Kier alpha value is -1.90. The fourth-order valence-electron chi connectivity index (χ4n) is 3.10. The molecule has 1 fully saturated rings. The van der Waals surface area contributed by atoms with Crippen molar-refractivity contribution >= 4 is 37.5 Å². The maximum absolute atomic E-state index is 13.0. The third-order valence-corrected chi connectivity index (χ3v) is 6.82. The first-order valence-corrected chi connectivity index (χ1v) is 11.0. The number of halogens is 1. The largest absolute Gasteiger partial charge is 0.492 e. The van der Waals surface area contributed by atoms with E-state index in [0.717, 1.165) is 4.47 Å². The van der Waals surface area contributed by atoms with Crippen LogP contribution in [0.2, 0.25) is 0 Å². The van der Waals surface area contributed by atoms with Crippen LogP contribution in [0.3, 0.4) is 0 Å². The summed E-state index contributed by atoms with van der Waals surface area (Å²) in [6.07, 6.45) is 1.12. The molecule has 0 aliphatic carbocycles. The zero-order chi connectivity index (χ0) is 19.4. The number of sulfonamides is 1. The van der Waals surface area contributed by atoms with Gasteiger partial charge in [0.25, 0.3) is 0 Å². The molecule has 2 aromatic carbocycles. The molecule has 1 heterocycles. The van der Waals surface area contributed by atoms with Gasteiger partial charge in [0.1, 0.15) is 11.8 Å². The molecule has 1 N–H and O–H groups in total. The summed E-state index contributed by atoms with van der Waals surface area (Å²) >= 11 is 3.30. The number of hydrogen-bond acceptors (Lipinski definition) is 4. The van der Waals surface area contributed by atoms with Crippen LogP contribution in [0.25, 0.3) is 0 Å². The Morgan fingerprint density at radius 2 is 1.93 bits per heavy atom. The number of carbonyl (C=O) groups is 1. The molecule has 1 amide bonds. The van der Waals surface area contributed by atoms with Gasteiger partial charge in [0.05, 0.1) is 17.2 Å². The molecule has 6 nitrogen and oxygen atoms in total. The summed E-state index contributed by atoms with van der Waals surface area (Å²) in [6, 6.07) is 12.8. The monoisotopic (exact) mass is 452 g/mol. The molecule has 1 saturated heterocycles. The van der Waals surface area contributed by atoms with Crippen LogP contribution in [0.1, 0.15) is 19.8 Å². The first-order chi connectivity index (χ1) is 12.9. The number of benzene rings is 2. The minimum Gasteiger partial charge on any atom is -0.492 e. The summed E-state index contributed by atoms with van der Waals surface area (Å²) in [6.45, 7) is 2.66. The highest BCUT2D eigenvalue weighted by atomic mass is 79.9. The predicted molar refractivity (Wildman–Crippen MR) is 107 cm³/mol. The lowest BCUT2D eigenvalue weighted by atomic mass is 10.2. The third kappa shape index (κ3) is 4.34. The highest BCUT2D eigenvalue weighted by Crippen LogP contribution is 2.29. The maximum atomic E-state index is 13.0. The average Bonchev–Trinajstić information content (AvgIpc) is 3.15. The molecule has 3 rings (SSSR count). The molecule has 0 spiro atoms. The van der Waals surface area contributed by atoms with Crippen molar-refractivity contribution in [3.05, 3.63) is 53.0 Å². The average molecular weight is 453 g/mol. The van der Waals surface area contributed by atoms with Crippen LogP contribution in [0.5, 0.6) is 5.75 Å². The van der Waals surface area contributed by atoms with Gasteiger partial charge < -0.3 is 10.1 Å². The van der Waals surface area contributed by atoms with E-state index in [1.54, 1.807) is 30.3 Å². The molecule has 2 aromatic rings. The molecule has 1 aliphatic rings. The highest BCUT2D eigenvalue weighted by molar-refractivity contribution is 9.10. The molecule has 0 aromatic heterocycles. The van der Waals surface area contributed by atoms with Gasteiger partial charge in [-0.3, -0.25) is 4.79 Å². The van der Waals surface area contributed by atoms with E-state index in [1.165, 1.54) is 16.4 Å². The second-order valence-corrected chi connectivity index (χ2v) is 8.95. The topological polar surface area (TPSA) is 75.7 Å². The van der Waals surface area contributed by atoms with E-state index in [4.69, 9.17) is 4.74 Å². The fourth-order valence-corrected chi connectivity index (χ4v) is 5.02. The Kier molecular flexibility index (Phi) is 6.18.